The molecule has 2 heterocycles. The quantitative estimate of drug-likeness (QED) is 0.381. The van der Waals surface area contributed by atoms with Gasteiger partial charge >= 0.3 is 0 Å². The summed E-state index contributed by atoms with van der Waals surface area (Å²) in [6.45, 7) is 6.95. The molecular weight excluding hydrogens is 440 g/mol. The highest BCUT2D eigenvalue weighted by molar-refractivity contribution is 7.13. The zero-order chi connectivity index (χ0) is 23.5. The first-order valence-corrected chi connectivity index (χ1v) is 12.4. The molecule has 2 atom stereocenters. The molecule has 0 bridgehead atoms. The Bertz CT molecular complexity index is 845. The Hall–Kier alpha value is -1.88. The fourth-order valence-electron chi connectivity index (χ4n) is 4.10. The third-order valence-corrected chi connectivity index (χ3v) is 6.82. The molecule has 2 aromatic rings. The third-order valence-electron chi connectivity index (χ3n) is 5.84. The Morgan fingerprint density at radius 3 is 2.52 bits per heavy atom. The van der Waals surface area contributed by atoms with Crippen molar-refractivity contribution >= 4 is 17.2 Å². The maximum absolute atomic E-state index is 12.0. The van der Waals surface area contributed by atoms with Crippen LogP contribution in [0.3, 0.4) is 0 Å². The maximum atomic E-state index is 12.0. The average molecular weight is 477 g/mol. The van der Waals surface area contributed by atoms with Crippen LogP contribution in [0.25, 0.3) is 10.4 Å². The van der Waals surface area contributed by atoms with Crippen LogP contribution in [0.1, 0.15) is 30.1 Å². The van der Waals surface area contributed by atoms with E-state index in [1.165, 1.54) is 4.88 Å². The first-order chi connectivity index (χ1) is 16.1. The minimum Gasteiger partial charge on any atom is -0.378 e. The monoisotopic (exact) mass is 476 g/mol. The van der Waals surface area contributed by atoms with Gasteiger partial charge in [0, 0.05) is 6.54 Å². The maximum Gasteiger partial charge on any atom is 0.234 e. The number of rotatable bonds is 15. The molecule has 0 aliphatic carbocycles. The van der Waals surface area contributed by atoms with Crippen LogP contribution in [0.2, 0.25) is 0 Å². The van der Waals surface area contributed by atoms with E-state index in [4.69, 9.17) is 19.9 Å². The number of nitrogens with two attached hydrogens (primary N) is 1. The molecule has 0 saturated carbocycles. The summed E-state index contributed by atoms with van der Waals surface area (Å²) in [6.07, 6.45) is 1.75. The Labute approximate surface area is 200 Å². The second kappa shape index (κ2) is 13.7. The molecule has 9 heteroatoms. The van der Waals surface area contributed by atoms with Crippen molar-refractivity contribution in [3.63, 3.8) is 0 Å². The summed E-state index contributed by atoms with van der Waals surface area (Å²) in [7, 11) is 1.90. The van der Waals surface area contributed by atoms with Crippen LogP contribution < -0.4 is 11.1 Å². The number of aryl methyl sites for hydroxylation is 1. The van der Waals surface area contributed by atoms with E-state index in [1.54, 1.807) is 11.3 Å². The molecular formula is C24H36N4O4S. The van der Waals surface area contributed by atoms with Gasteiger partial charge in [-0.15, -0.1) is 11.3 Å². The van der Waals surface area contributed by atoms with Gasteiger partial charge in [0.1, 0.15) is 0 Å². The number of carbonyl (C=O) groups excluding carboxylic acids is 1. The topological polar surface area (TPSA) is 98.9 Å². The molecule has 1 fully saturated rings. The van der Waals surface area contributed by atoms with E-state index in [2.05, 4.69) is 39.5 Å². The molecule has 0 spiro atoms. The molecule has 3 N–H and O–H groups in total. The normalized spacial score (nSPS) is 17.5. The van der Waals surface area contributed by atoms with Crippen molar-refractivity contribution in [2.24, 2.45) is 5.73 Å². The van der Waals surface area contributed by atoms with Crippen LogP contribution in [0.15, 0.2) is 29.8 Å². The number of nitrogens with one attached hydrogen (secondary N) is 1. The molecule has 1 aliphatic heterocycles. The fraction of sp³-hybridized carbons (Fsp3) is 0.583. The van der Waals surface area contributed by atoms with Crippen LogP contribution in [0.4, 0.5) is 0 Å². The van der Waals surface area contributed by atoms with Gasteiger partial charge in [-0.25, -0.2) is 4.98 Å². The molecule has 3 rings (SSSR count). The summed E-state index contributed by atoms with van der Waals surface area (Å²) in [4.78, 5) is 19.7. The van der Waals surface area contributed by atoms with Gasteiger partial charge in [-0.1, -0.05) is 24.3 Å². The summed E-state index contributed by atoms with van der Waals surface area (Å²) < 4.78 is 17.0. The molecule has 1 unspecified atom stereocenters. The Kier molecular flexibility index (Phi) is 10.7. The number of likely N-dealkylation sites (N-methyl/N-ethyl adjacent to an activating group) is 1. The zero-order valence-corrected chi connectivity index (χ0v) is 20.4. The van der Waals surface area contributed by atoms with E-state index in [1.807, 2.05) is 19.5 Å². The molecule has 0 radical (unpaired) electrons. The van der Waals surface area contributed by atoms with Gasteiger partial charge in [0.2, 0.25) is 5.91 Å². The molecule has 1 saturated heterocycles. The van der Waals surface area contributed by atoms with Crippen molar-refractivity contribution in [2.75, 3.05) is 59.8 Å². The number of likely N-dealkylation sites (tertiary alicyclic amines) is 1. The van der Waals surface area contributed by atoms with Crippen LogP contribution in [-0.4, -0.2) is 81.6 Å². The van der Waals surface area contributed by atoms with E-state index in [9.17, 15) is 4.79 Å². The van der Waals surface area contributed by atoms with Crippen molar-refractivity contribution in [3.8, 4) is 10.4 Å². The number of primary amides is 1. The predicted octanol–water partition coefficient (Wildman–Crippen LogP) is 2.38. The molecule has 1 amide bonds. The second-order valence-corrected chi connectivity index (χ2v) is 8.96. The smallest absolute Gasteiger partial charge is 0.234 e. The average Bonchev–Trinajstić information content (AvgIpc) is 3.47. The summed E-state index contributed by atoms with van der Waals surface area (Å²) in [6, 6.07) is 8.19. The highest BCUT2D eigenvalue weighted by Crippen LogP contribution is 2.32. The van der Waals surface area contributed by atoms with E-state index >= 15 is 0 Å². The third kappa shape index (κ3) is 7.56. The van der Waals surface area contributed by atoms with E-state index < -0.39 is 0 Å². The lowest BCUT2D eigenvalue weighted by Crippen LogP contribution is -2.43. The first-order valence-electron chi connectivity index (χ1n) is 11.5. The number of amides is 1. The Morgan fingerprint density at radius 2 is 1.88 bits per heavy atom. The van der Waals surface area contributed by atoms with E-state index in [0.717, 1.165) is 42.8 Å². The number of hydrogen-bond acceptors (Lipinski definition) is 8. The van der Waals surface area contributed by atoms with Gasteiger partial charge in [-0.2, -0.15) is 0 Å². The molecule has 1 aromatic carbocycles. The molecule has 1 aromatic heterocycles. The van der Waals surface area contributed by atoms with E-state index in [-0.39, 0.29) is 18.0 Å². The van der Waals surface area contributed by atoms with Crippen molar-refractivity contribution in [1.29, 1.82) is 0 Å². The fourth-order valence-corrected chi connectivity index (χ4v) is 4.91. The van der Waals surface area contributed by atoms with Crippen LogP contribution in [0, 0.1) is 6.92 Å². The van der Waals surface area contributed by atoms with Crippen LogP contribution >= 0.6 is 11.3 Å². The SMILES string of the molecule is CNCCOCCOCCOC[C@@H](c1ccc(-c2scnc2C)cc1)N1CCCC1C(N)=O. The van der Waals surface area contributed by atoms with Crippen molar-refractivity contribution < 1.29 is 19.0 Å². The number of benzene rings is 1. The summed E-state index contributed by atoms with van der Waals surface area (Å²) >= 11 is 1.64. The molecule has 33 heavy (non-hydrogen) atoms. The van der Waals surface area contributed by atoms with Crippen LogP contribution in [0.5, 0.6) is 0 Å². The Morgan fingerprint density at radius 1 is 1.18 bits per heavy atom. The molecule has 1 aliphatic rings. The molecule has 8 nitrogen and oxygen atoms in total. The van der Waals surface area contributed by atoms with Gasteiger partial charge in [0.25, 0.3) is 0 Å². The first kappa shape index (κ1) is 25.7. The Balaban J connectivity index is 1.56. The zero-order valence-electron chi connectivity index (χ0n) is 19.6. The van der Waals surface area contributed by atoms with Crippen molar-refractivity contribution in [1.82, 2.24) is 15.2 Å². The van der Waals surface area contributed by atoms with Gasteiger partial charge < -0.3 is 25.3 Å². The summed E-state index contributed by atoms with van der Waals surface area (Å²) in [5.41, 5.74) is 10.9. The number of thiazole rings is 1. The lowest BCUT2D eigenvalue weighted by molar-refractivity contribution is -0.123. The highest BCUT2D eigenvalue weighted by Gasteiger charge is 2.35. The number of carbonyl (C=O) groups is 1. The van der Waals surface area contributed by atoms with Crippen molar-refractivity contribution in [3.05, 3.63) is 41.0 Å². The number of hydrogen-bond donors (Lipinski definition) is 2. The number of nitrogens with zero attached hydrogens (tertiary/aromatic N) is 2. The lowest BCUT2D eigenvalue weighted by atomic mass is 10.0. The predicted molar refractivity (Wildman–Crippen MR) is 130 cm³/mol. The largest absolute Gasteiger partial charge is 0.378 e. The minimum absolute atomic E-state index is 0.0357. The van der Waals surface area contributed by atoms with Crippen molar-refractivity contribution in [2.45, 2.75) is 31.8 Å². The van der Waals surface area contributed by atoms with E-state index in [0.29, 0.717) is 39.6 Å². The number of aromatic nitrogens is 1. The molecule has 182 valence electrons. The van der Waals surface area contributed by atoms with Crippen LogP contribution in [-0.2, 0) is 19.0 Å². The minimum atomic E-state index is -0.268. The highest BCUT2D eigenvalue weighted by atomic mass is 32.1. The summed E-state index contributed by atoms with van der Waals surface area (Å²) in [5, 5.41) is 3.04. The van der Waals surface area contributed by atoms with Gasteiger partial charge in [-0.3, -0.25) is 9.69 Å². The van der Waals surface area contributed by atoms with Gasteiger partial charge in [0.05, 0.1) is 67.8 Å². The summed E-state index contributed by atoms with van der Waals surface area (Å²) in [5.74, 6) is -0.268. The van der Waals surface area contributed by atoms with Gasteiger partial charge in [0.15, 0.2) is 0 Å². The standard InChI is InChI=1S/C24H36N4O4S/c1-18-23(33-17-27-18)20-7-5-19(6-8-20)22(28-10-3-4-21(28)24(25)29)16-32-15-14-31-13-12-30-11-9-26-2/h5-8,17,21-22,26H,3-4,9-16H2,1-2H3,(H2,25,29)/t21?,22-/m0/s1. The lowest BCUT2D eigenvalue weighted by Gasteiger charge is -2.32. The number of ether oxygens (including phenoxy) is 3. The second-order valence-electron chi connectivity index (χ2n) is 8.11. The van der Waals surface area contributed by atoms with Gasteiger partial charge in [-0.05, 0) is 44.5 Å².